The fraction of sp³-hybridized carbons (Fsp3) is 0.571. The second-order valence-corrected chi connectivity index (χ2v) is 4.78. The van der Waals surface area contributed by atoms with E-state index in [2.05, 4.69) is 5.32 Å². The van der Waals surface area contributed by atoms with E-state index in [4.69, 9.17) is 4.74 Å². The largest absolute Gasteiger partial charge is 0.496 e. The Morgan fingerprint density at radius 3 is 2.60 bits per heavy atom. The summed E-state index contributed by atoms with van der Waals surface area (Å²) in [6.07, 6.45) is -2.88. The van der Waals surface area contributed by atoms with E-state index in [0.717, 1.165) is 13.1 Å². The SMILES string of the molecule is COc1cccc(F)c1[C@H](CC(F)F)N1CCNCC1. The molecule has 1 fully saturated rings. The molecule has 1 heterocycles. The summed E-state index contributed by atoms with van der Waals surface area (Å²) >= 11 is 0. The topological polar surface area (TPSA) is 24.5 Å². The molecule has 0 aliphatic carbocycles. The van der Waals surface area contributed by atoms with Gasteiger partial charge in [-0.15, -0.1) is 0 Å². The molecule has 0 aromatic heterocycles. The highest BCUT2D eigenvalue weighted by molar-refractivity contribution is 5.37. The minimum atomic E-state index is -2.49. The summed E-state index contributed by atoms with van der Waals surface area (Å²) in [7, 11) is 1.43. The van der Waals surface area contributed by atoms with Crippen LogP contribution in [0.4, 0.5) is 13.2 Å². The quantitative estimate of drug-likeness (QED) is 0.900. The highest BCUT2D eigenvalue weighted by Gasteiger charge is 2.30. The van der Waals surface area contributed by atoms with E-state index in [9.17, 15) is 13.2 Å². The molecule has 1 saturated heterocycles. The van der Waals surface area contributed by atoms with Gasteiger partial charge in [-0.2, -0.15) is 0 Å². The predicted octanol–water partition coefficient (Wildman–Crippen LogP) is 2.44. The standard InChI is InChI=1S/C14H19F3N2O/c1-20-12-4-2-3-10(15)14(12)11(9-13(16)17)19-7-5-18-6-8-19/h2-4,11,13,18H,5-9H2,1H3/t11-/m0/s1. The van der Waals surface area contributed by atoms with Crippen molar-refractivity contribution >= 4 is 0 Å². The van der Waals surface area contributed by atoms with Crippen molar-refractivity contribution in [1.29, 1.82) is 0 Å². The van der Waals surface area contributed by atoms with Crippen LogP contribution in [0, 0.1) is 5.82 Å². The van der Waals surface area contributed by atoms with E-state index in [1.807, 2.05) is 4.90 Å². The van der Waals surface area contributed by atoms with Crippen LogP contribution in [0.1, 0.15) is 18.0 Å². The second kappa shape index (κ2) is 6.95. The van der Waals surface area contributed by atoms with Gasteiger partial charge in [-0.3, -0.25) is 4.90 Å². The van der Waals surface area contributed by atoms with Crippen LogP contribution in [0.5, 0.6) is 5.75 Å². The van der Waals surface area contributed by atoms with Crippen molar-refractivity contribution in [2.75, 3.05) is 33.3 Å². The molecule has 6 heteroatoms. The van der Waals surface area contributed by atoms with Gasteiger partial charge in [-0.25, -0.2) is 13.2 Å². The van der Waals surface area contributed by atoms with Gasteiger partial charge in [0.05, 0.1) is 7.11 Å². The maximum Gasteiger partial charge on any atom is 0.240 e. The first-order valence-electron chi connectivity index (χ1n) is 6.68. The lowest BCUT2D eigenvalue weighted by molar-refractivity contribution is 0.0714. The summed E-state index contributed by atoms with van der Waals surface area (Å²) in [6, 6.07) is 3.76. The lowest BCUT2D eigenvalue weighted by atomic mass is 9.99. The molecule has 20 heavy (non-hydrogen) atoms. The summed E-state index contributed by atoms with van der Waals surface area (Å²) in [5, 5.41) is 3.16. The number of benzene rings is 1. The monoisotopic (exact) mass is 288 g/mol. The molecule has 1 N–H and O–H groups in total. The van der Waals surface area contributed by atoms with Crippen molar-refractivity contribution in [2.45, 2.75) is 18.9 Å². The molecule has 0 amide bonds. The number of methoxy groups -OCH3 is 1. The van der Waals surface area contributed by atoms with Gasteiger partial charge in [0, 0.05) is 44.2 Å². The molecule has 1 atom stereocenters. The second-order valence-electron chi connectivity index (χ2n) is 4.78. The molecule has 1 aliphatic heterocycles. The summed E-state index contributed by atoms with van der Waals surface area (Å²) < 4.78 is 45.1. The third-order valence-electron chi connectivity index (χ3n) is 3.56. The first-order valence-corrected chi connectivity index (χ1v) is 6.68. The highest BCUT2D eigenvalue weighted by atomic mass is 19.3. The normalized spacial score (nSPS) is 18.2. The molecular formula is C14H19F3N2O. The lowest BCUT2D eigenvalue weighted by Crippen LogP contribution is -2.45. The van der Waals surface area contributed by atoms with Gasteiger partial charge in [0.1, 0.15) is 11.6 Å². The van der Waals surface area contributed by atoms with Crippen molar-refractivity contribution in [2.24, 2.45) is 0 Å². The van der Waals surface area contributed by atoms with Crippen LogP contribution in [-0.2, 0) is 0 Å². The fourth-order valence-electron chi connectivity index (χ4n) is 2.63. The fourth-order valence-corrected chi connectivity index (χ4v) is 2.63. The molecule has 1 aromatic carbocycles. The van der Waals surface area contributed by atoms with E-state index in [1.54, 1.807) is 6.07 Å². The van der Waals surface area contributed by atoms with Crippen molar-refractivity contribution < 1.29 is 17.9 Å². The molecule has 1 aromatic rings. The Bertz CT molecular complexity index is 436. The lowest BCUT2D eigenvalue weighted by Gasteiger charge is -2.35. The number of piperazine rings is 1. The summed E-state index contributed by atoms with van der Waals surface area (Å²) in [4.78, 5) is 1.89. The van der Waals surface area contributed by atoms with Gasteiger partial charge in [-0.05, 0) is 12.1 Å². The number of nitrogens with zero attached hydrogens (tertiary/aromatic N) is 1. The Hall–Kier alpha value is -1.27. The maximum absolute atomic E-state index is 14.1. The Kier molecular flexibility index (Phi) is 5.25. The number of halogens is 3. The van der Waals surface area contributed by atoms with Crippen LogP contribution in [0.25, 0.3) is 0 Å². The zero-order chi connectivity index (χ0) is 14.5. The Morgan fingerprint density at radius 2 is 2.00 bits per heavy atom. The summed E-state index contributed by atoms with van der Waals surface area (Å²) in [5.74, 6) is -0.164. The summed E-state index contributed by atoms with van der Waals surface area (Å²) in [5.41, 5.74) is 0.234. The first kappa shape index (κ1) is 15.1. The predicted molar refractivity (Wildman–Crippen MR) is 70.8 cm³/mol. The molecule has 1 aliphatic rings. The Morgan fingerprint density at radius 1 is 1.30 bits per heavy atom. The van der Waals surface area contributed by atoms with Gasteiger partial charge in [0.25, 0.3) is 0 Å². The number of alkyl halides is 2. The van der Waals surface area contributed by atoms with Gasteiger partial charge in [0.15, 0.2) is 0 Å². The number of hydrogen-bond donors (Lipinski definition) is 1. The van der Waals surface area contributed by atoms with Crippen LogP contribution in [0.2, 0.25) is 0 Å². The van der Waals surface area contributed by atoms with Crippen molar-refractivity contribution in [1.82, 2.24) is 10.2 Å². The van der Waals surface area contributed by atoms with Gasteiger partial charge < -0.3 is 10.1 Å². The third-order valence-corrected chi connectivity index (χ3v) is 3.56. The number of nitrogens with one attached hydrogen (secondary N) is 1. The van der Waals surface area contributed by atoms with Crippen LogP contribution < -0.4 is 10.1 Å². The minimum absolute atomic E-state index is 0.234. The van der Waals surface area contributed by atoms with E-state index in [1.165, 1.54) is 19.2 Å². The van der Waals surface area contributed by atoms with Gasteiger partial charge in [0.2, 0.25) is 6.43 Å². The molecule has 0 saturated carbocycles. The van der Waals surface area contributed by atoms with Crippen molar-refractivity contribution in [3.8, 4) is 5.75 Å². The minimum Gasteiger partial charge on any atom is -0.496 e. The number of rotatable bonds is 5. The molecule has 2 rings (SSSR count). The van der Waals surface area contributed by atoms with Crippen LogP contribution >= 0.6 is 0 Å². The molecule has 0 unspecified atom stereocenters. The van der Waals surface area contributed by atoms with Crippen molar-refractivity contribution in [3.05, 3.63) is 29.6 Å². The molecule has 3 nitrogen and oxygen atoms in total. The Balaban J connectivity index is 2.34. The van der Waals surface area contributed by atoms with Crippen LogP contribution in [0.15, 0.2) is 18.2 Å². The van der Waals surface area contributed by atoms with E-state index < -0.39 is 24.7 Å². The van der Waals surface area contributed by atoms with Gasteiger partial charge >= 0.3 is 0 Å². The average Bonchev–Trinajstić information content (AvgIpc) is 2.45. The number of hydrogen-bond acceptors (Lipinski definition) is 3. The van der Waals surface area contributed by atoms with Gasteiger partial charge in [-0.1, -0.05) is 6.07 Å². The van der Waals surface area contributed by atoms with Crippen LogP contribution in [0.3, 0.4) is 0 Å². The van der Waals surface area contributed by atoms with E-state index in [-0.39, 0.29) is 5.56 Å². The van der Waals surface area contributed by atoms with E-state index in [0.29, 0.717) is 18.8 Å². The first-order chi connectivity index (χ1) is 9.63. The molecule has 0 spiro atoms. The molecule has 0 radical (unpaired) electrons. The Labute approximate surface area is 116 Å². The van der Waals surface area contributed by atoms with Crippen LogP contribution in [-0.4, -0.2) is 44.6 Å². The molecular weight excluding hydrogens is 269 g/mol. The number of ether oxygens (including phenoxy) is 1. The van der Waals surface area contributed by atoms with Crippen molar-refractivity contribution in [3.63, 3.8) is 0 Å². The average molecular weight is 288 g/mol. The van der Waals surface area contributed by atoms with E-state index >= 15 is 0 Å². The maximum atomic E-state index is 14.1. The highest BCUT2D eigenvalue weighted by Crippen LogP contribution is 2.35. The third kappa shape index (κ3) is 3.43. The summed E-state index contributed by atoms with van der Waals surface area (Å²) in [6.45, 7) is 2.68. The molecule has 112 valence electrons. The zero-order valence-corrected chi connectivity index (χ0v) is 11.4. The smallest absolute Gasteiger partial charge is 0.240 e. The zero-order valence-electron chi connectivity index (χ0n) is 11.4. The molecule has 0 bridgehead atoms.